The highest BCUT2D eigenvalue weighted by molar-refractivity contribution is 7.92. The molecule has 0 aromatic carbocycles. The van der Waals surface area contributed by atoms with Crippen LogP contribution in [0.3, 0.4) is 0 Å². The molecule has 0 radical (unpaired) electrons. The quantitative estimate of drug-likeness (QED) is 0.330. The first-order chi connectivity index (χ1) is 3.39. The monoisotopic (exact) mass is 121 g/mol. The van der Waals surface area contributed by atoms with E-state index in [-0.39, 0.29) is 4.47 Å². The van der Waals surface area contributed by atoms with E-state index < -0.39 is 0 Å². The van der Waals surface area contributed by atoms with Crippen molar-refractivity contribution in [2.45, 2.75) is 0 Å². The Morgan fingerprint density at radius 2 is 2.57 bits per heavy atom. The second-order valence-electron chi connectivity index (χ2n) is 1.29. The molecule has 1 N–H and O–H groups in total. The Bertz CT molecular complexity index is 54.9. The van der Waals surface area contributed by atoms with Crippen molar-refractivity contribution in [3.05, 3.63) is 5.21 Å². The number of quaternary nitrogens is 1. The third-order valence-electron chi connectivity index (χ3n) is 0.754. The first-order valence-electron chi connectivity index (χ1n) is 2.13. The van der Waals surface area contributed by atoms with E-state index in [1.807, 2.05) is 0 Å². The lowest BCUT2D eigenvalue weighted by Gasteiger charge is -2.22. The lowest BCUT2D eigenvalue weighted by Crippen LogP contribution is -3.02. The molecule has 1 heterocycles. The second-order valence-corrected chi connectivity index (χ2v) is 2.27. The Hall–Kier alpha value is 0.230. The molecule has 0 saturated carbocycles. The van der Waals surface area contributed by atoms with Crippen LogP contribution in [-0.4, -0.2) is 19.1 Å². The minimum atomic E-state index is 0.256. The van der Waals surface area contributed by atoms with Gasteiger partial charge in [-0.05, 0) is 0 Å². The summed E-state index contributed by atoms with van der Waals surface area (Å²) in [5.74, 6) is 0.554. The fourth-order valence-corrected chi connectivity index (χ4v) is 0.954. The van der Waals surface area contributed by atoms with Crippen molar-refractivity contribution in [2.24, 2.45) is 0 Å². The van der Waals surface area contributed by atoms with E-state index in [4.69, 9.17) is 4.74 Å². The van der Waals surface area contributed by atoms with Gasteiger partial charge >= 0.3 is 0 Å². The van der Waals surface area contributed by atoms with Gasteiger partial charge in [0.15, 0.2) is 0 Å². The van der Waals surface area contributed by atoms with Crippen molar-refractivity contribution in [3.8, 4) is 0 Å². The maximum Gasteiger partial charge on any atom is 0.147 e. The van der Waals surface area contributed by atoms with Crippen LogP contribution in [0.5, 0.6) is 0 Å². The van der Waals surface area contributed by atoms with Gasteiger partial charge in [0.2, 0.25) is 0 Å². The van der Waals surface area contributed by atoms with Crippen LogP contribution >= 0.6 is 11.9 Å². The van der Waals surface area contributed by atoms with Crippen LogP contribution in [0.25, 0.3) is 0 Å². The van der Waals surface area contributed by atoms with Gasteiger partial charge in [-0.2, -0.15) is 0 Å². The average molecular weight is 121 g/mol. The molecule has 1 unspecified atom stereocenters. The summed E-state index contributed by atoms with van der Waals surface area (Å²) in [5, 5.41) is 10.3. The molecule has 1 rings (SSSR count). The average Bonchev–Trinajstić information content (AvgIpc) is 1.69. The molecular weight excluding hydrogens is 114 g/mol. The highest BCUT2D eigenvalue weighted by atomic mass is 32.2. The van der Waals surface area contributed by atoms with E-state index in [9.17, 15) is 5.21 Å². The van der Waals surface area contributed by atoms with E-state index in [2.05, 4.69) is 0 Å². The van der Waals surface area contributed by atoms with Crippen LogP contribution in [0.15, 0.2) is 0 Å². The smallest absolute Gasteiger partial charge is 0.147 e. The summed E-state index contributed by atoms with van der Waals surface area (Å²) < 4.78 is 5.14. The predicted octanol–water partition coefficient (Wildman–Crippen LogP) is -0.995. The zero-order valence-electron chi connectivity index (χ0n) is 3.85. The van der Waals surface area contributed by atoms with Crippen LogP contribution in [0.1, 0.15) is 0 Å². The lowest BCUT2D eigenvalue weighted by molar-refractivity contribution is -0.700. The van der Waals surface area contributed by atoms with Crippen LogP contribution in [0.2, 0.25) is 0 Å². The minimum absolute atomic E-state index is 0.256. The van der Waals surface area contributed by atoms with Crippen LogP contribution < -0.4 is 4.47 Å². The molecule has 0 amide bonds. The topological polar surface area (TPSA) is 36.7 Å². The maximum absolute atomic E-state index is 10.3. The molecule has 1 aliphatic heterocycles. The summed E-state index contributed by atoms with van der Waals surface area (Å²) in [6.45, 7) is 1.20. The molecule has 0 aromatic heterocycles. The van der Waals surface area contributed by atoms with Gasteiger partial charge in [0, 0.05) is 0 Å². The number of ether oxygens (including phenoxy) is 1. The van der Waals surface area contributed by atoms with E-state index in [1.165, 1.54) is 11.9 Å². The molecule has 7 heavy (non-hydrogen) atoms. The van der Waals surface area contributed by atoms with Gasteiger partial charge in [-0.3, -0.25) is 0 Å². The fourth-order valence-electron chi connectivity index (χ4n) is 0.394. The van der Waals surface area contributed by atoms with Gasteiger partial charge < -0.3 is 14.4 Å². The molecule has 1 saturated heterocycles. The summed E-state index contributed by atoms with van der Waals surface area (Å²) >= 11 is 1.26. The van der Waals surface area contributed by atoms with Crippen LogP contribution in [0, 0.1) is 5.21 Å². The minimum Gasteiger partial charge on any atom is -0.621 e. The number of rotatable bonds is 0. The third kappa shape index (κ3) is 1.65. The molecule has 1 atom stereocenters. The van der Waals surface area contributed by atoms with Crippen LogP contribution in [0.4, 0.5) is 0 Å². The zero-order valence-corrected chi connectivity index (χ0v) is 4.66. The van der Waals surface area contributed by atoms with Crippen molar-refractivity contribution in [1.82, 2.24) is 0 Å². The van der Waals surface area contributed by atoms with Crippen molar-refractivity contribution in [2.75, 3.05) is 19.1 Å². The maximum atomic E-state index is 10.3. The summed E-state index contributed by atoms with van der Waals surface area (Å²) in [6.07, 6.45) is 0. The normalized spacial score (nSPS) is 33.0. The highest BCUT2D eigenvalue weighted by Crippen LogP contribution is 1.90. The molecular formula is C3H7NO2S. The summed E-state index contributed by atoms with van der Waals surface area (Å²) in [4.78, 5) is 0. The third-order valence-corrected chi connectivity index (χ3v) is 1.56. The van der Waals surface area contributed by atoms with Gasteiger partial charge in [0.25, 0.3) is 0 Å². The SMILES string of the molecule is [O-][NH+]1CCOCS1. The number of hydrogen-bond donors (Lipinski definition) is 1. The van der Waals surface area contributed by atoms with Gasteiger partial charge in [-0.1, -0.05) is 0 Å². The van der Waals surface area contributed by atoms with Gasteiger partial charge in [0.1, 0.15) is 24.4 Å². The molecule has 0 aromatic rings. The summed E-state index contributed by atoms with van der Waals surface area (Å²) in [6, 6.07) is 0. The van der Waals surface area contributed by atoms with Gasteiger partial charge in [-0.15, -0.1) is 0 Å². The Balaban J connectivity index is 2.12. The zero-order chi connectivity index (χ0) is 5.11. The lowest BCUT2D eigenvalue weighted by atomic mass is 10.7. The van der Waals surface area contributed by atoms with Crippen molar-refractivity contribution in [3.63, 3.8) is 0 Å². The molecule has 4 heteroatoms. The second kappa shape index (κ2) is 2.52. The largest absolute Gasteiger partial charge is 0.621 e. The highest BCUT2D eigenvalue weighted by Gasteiger charge is 2.05. The predicted molar refractivity (Wildman–Crippen MR) is 27.6 cm³/mol. The van der Waals surface area contributed by atoms with Crippen LogP contribution in [-0.2, 0) is 4.74 Å². The Labute approximate surface area is 46.3 Å². The molecule has 42 valence electrons. The van der Waals surface area contributed by atoms with Crippen molar-refractivity contribution in [1.29, 1.82) is 0 Å². The van der Waals surface area contributed by atoms with E-state index in [0.717, 1.165) is 0 Å². The molecule has 1 aliphatic rings. The molecule has 0 aliphatic carbocycles. The first-order valence-corrected chi connectivity index (χ1v) is 3.11. The van der Waals surface area contributed by atoms with Crippen molar-refractivity contribution >= 4 is 11.9 Å². The van der Waals surface area contributed by atoms with Gasteiger partial charge in [-0.25, -0.2) is 0 Å². The Morgan fingerprint density at radius 1 is 1.71 bits per heavy atom. The van der Waals surface area contributed by atoms with Crippen molar-refractivity contribution < 1.29 is 9.21 Å². The van der Waals surface area contributed by atoms with Gasteiger partial charge in [0.05, 0.1) is 6.61 Å². The summed E-state index contributed by atoms with van der Waals surface area (Å²) in [5.41, 5.74) is 0. The Kier molecular flexibility index (Phi) is 1.93. The van der Waals surface area contributed by atoms with E-state index >= 15 is 0 Å². The number of hydrogen-bond acceptors (Lipinski definition) is 3. The standard InChI is InChI=1S/C3H7NO2S/c5-4-1-2-6-3-7-4/h4H,1-3H2. The fraction of sp³-hybridized carbons (Fsp3) is 1.00. The number of hydroxylamine groups is 1. The first kappa shape index (κ1) is 5.37. The molecule has 0 bridgehead atoms. The Morgan fingerprint density at radius 3 is 2.86 bits per heavy atom. The summed E-state index contributed by atoms with van der Waals surface area (Å²) in [7, 11) is 0. The molecule has 1 fully saturated rings. The molecule has 0 spiro atoms. The number of nitrogens with one attached hydrogen (secondary N) is 1. The van der Waals surface area contributed by atoms with E-state index in [1.54, 1.807) is 0 Å². The molecule has 3 nitrogen and oxygen atoms in total. The van der Waals surface area contributed by atoms with E-state index in [0.29, 0.717) is 19.1 Å².